The molecule has 0 aliphatic rings. The van der Waals surface area contributed by atoms with Gasteiger partial charge in [0.25, 0.3) is 0 Å². The number of nitrogens with one attached hydrogen (secondary N) is 2. The highest BCUT2D eigenvalue weighted by atomic mass is 35.5. The van der Waals surface area contributed by atoms with E-state index >= 15 is 0 Å². The zero-order valence-corrected chi connectivity index (χ0v) is 17.3. The van der Waals surface area contributed by atoms with E-state index in [0.717, 1.165) is 59.2 Å². The molecule has 6 nitrogen and oxygen atoms in total. The van der Waals surface area contributed by atoms with Gasteiger partial charge >= 0.3 is 0 Å². The highest BCUT2D eigenvalue weighted by Gasteiger charge is 2.04. The third kappa shape index (κ3) is 6.49. The highest BCUT2D eigenvalue weighted by molar-refractivity contribution is 5.93. The van der Waals surface area contributed by atoms with Gasteiger partial charge in [0, 0.05) is 22.9 Å². The van der Waals surface area contributed by atoms with E-state index in [9.17, 15) is 0 Å². The second kappa shape index (κ2) is 12.4. The molecule has 0 saturated heterocycles. The zero-order valence-electron chi connectivity index (χ0n) is 16.5. The second-order valence-electron chi connectivity index (χ2n) is 6.31. The lowest BCUT2D eigenvalue weighted by Crippen LogP contribution is -2.11. The summed E-state index contributed by atoms with van der Waals surface area (Å²) in [6.07, 6.45) is 1.96. The Morgan fingerprint density at radius 3 is 1.64 bits per heavy atom. The van der Waals surface area contributed by atoms with E-state index in [1.807, 2.05) is 38.4 Å². The number of pyridine rings is 1. The maximum atomic E-state index is 5.82. The summed E-state index contributed by atoms with van der Waals surface area (Å²) in [4.78, 5) is 4.80. The monoisotopic (exact) mass is 407 g/mol. The highest BCUT2D eigenvalue weighted by Crippen LogP contribution is 2.26. The molecule has 0 atom stereocenters. The minimum absolute atomic E-state index is 0. The van der Waals surface area contributed by atoms with Crippen LogP contribution in [0.5, 0.6) is 11.5 Å². The van der Waals surface area contributed by atoms with Crippen molar-refractivity contribution in [3.05, 3.63) is 42.5 Å². The van der Waals surface area contributed by atoms with Crippen LogP contribution in [0, 0.1) is 0 Å². The first-order valence-electron chi connectivity index (χ1n) is 9.19. The number of fused-ring (bicyclic) bond motifs is 2. The Bertz CT molecular complexity index is 794. The van der Waals surface area contributed by atoms with Crippen molar-refractivity contribution < 1.29 is 14.9 Å². The van der Waals surface area contributed by atoms with Crippen LogP contribution in [0.2, 0.25) is 0 Å². The molecule has 0 aliphatic heterocycles. The van der Waals surface area contributed by atoms with Crippen molar-refractivity contribution in [2.75, 3.05) is 40.4 Å². The van der Waals surface area contributed by atoms with Gasteiger partial charge in [0.1, 0.15) is 11.5 Å². The Morgan fingerprint density at radius 2 is 1.21 bits per heavy atom. The molecule has 7 heteroatoms. The number of hydrogen-bond donors (Lipinski definition) is 2. The van der Waals surface area contributed by atoms with Crippen LogP contribution >= 0.6 is 12.4 Å². The van der Waals surface area contributed by atoms with Crippen LogP contribution in [-0.2, 0) is 0 Å². The van der Waals surface area contributed by atoms with E-state index in [1.165, 1.54) is 0 Å². The molecule has 154 valence electrons. The molecule has 0 spiro atoms. The minimum Gasteiger partial charge on any atom is -0.493 e. The van der Waals surface area contributed by atoms with Crippen LogP contribution in [-0.4, -0.2) is 50.9 Å². The van der Waals surface area contributed by atoms with Gasteiger partial charge in [0.15, 0.2) is 0 Å². The zero-order chi connectivity index (χ0) is 18.2. The van der Waals surface area contributed by atoms with E-state index in [2.05, 4.69) is 28.8 Å². The second-order valence-corrected chi connectivity index (χ2v) is 6.31. The smallest absolute Gasteiger partial charge is 0.121 e. The molecule has 0 amide bonds. The van der Waals surface area contributed by atoms with Crippen LogP contribution in [0.15, 0.2) is 42.5 Å². The van der Waals surface area contributed by atoms with Crippen molar-refractivity contribution in [1.82, 2.24) is 15.6 Å². The first-order valence-corrected chi connectivity index (χ1v) is 9.19. The predicted molar refractivity (Wildman–Crippen MR) is 118 cm³/mol. The van der Waals surface area contributed by atoms with Crippen molar-refractivity contribution in [3.63, 3.8) is 0 Å². The number of rotatable bonds is 10. The number of nitrogens with zero attached hydrogens (tertiary/aromatic N) is 1. The maximum Gasteiger partial charge on any atom is 0.121 e. The maximum absolute atomic E-state index is 5.82. The molecule has 0 radical (unpaired) electrons. The van der Waals surface area contributed by atoms with Crippen LogP contribution in [0.4, 0.5) is 0 Å². The fraction of sp³-hybridized carbons (Fsp3) is 0.381. The predicted octanol–water partition coefficient (Wildman–Crippen LogP) is 2.96. The third-order valence-electron chi connectivity index (χ3n) is 4.24. The minimum atomic E-state index is 0. The molecule has 0 aliphatic carbocycles. The van der Waals surface area contributed by atoms with Gasteiger partial charge in [0.2, 0.25) is 0 Å². The summed E-state index contributed by atoms with van der Waals surface area (Å²) in [7, 11) is 3.90. The van der Waals surface area contributed by atoms with E-state index in [-0.39, 0.29) is 17.9 Å². The van der Waals surface area contributed by atoms with Crippen LogP contribution in [0.1, 0.15) is 12.8 Å². The Balaban J connectivity index is 0.00000196. The van der Waals surface area contributed by atoms with Gasteiger partial charge in [-0.3, -0.25) is 0 Å². The summed E-state index contributed by atoms with van der Waals surface area (Å²) >= 11 is 0. The topological polar surface area (TPSA) is 86.9 Å². The molecule has 0 bridgehead atoms. The van der Waals surface area contributed by atoms with Gasteiger partial charge in [-0.15, -0.1) is 12.4 Å². The summed E-state index contributed by atoms with van der Waals surface area (Å²) in [5.41, 5.74) is 1.88. The lowest BCUT2D eigenvalue weighted by Gasteiger charge is -2.09. The van der Waals surface area contributed by atoms with Crippen molar-refractivity contribution in [1.29, 1.82) is 0 Å². The van der Waals surface area contributed by atoms with E-state index in [0.29, 0.717) is 13.2 Å². The van der Waals surface area contributed by atoms with Gasteiger partial charge in [-0.1, -0.05) is 0 Å². The van der Waals surface area contributed by atoms with Crippen LogP contribution in [0.3, 0.4) is 0 Å². The molecular weight excluding hydrogens is 378 g/mol. The first-order chi connectivity index (χ1) is 12.8. The van der Waals surface area contributed by atoms with E-state index < -0.39 is 0 Å². The van der Waals surface area contributed by atoms with Crippen molar-refractivity contribution in [2.45, 2.75) is 12.8 Å². The van der Waals surface area contributed by atoms with Gasteiger partial charge in [-0.25, -0.2) is 4.98 Å². The summed E-state index contributed by atoms with van der Waals surface area (Å²) in [5.74, 6) is 1.72. The van der Waals surface area contributed by atoms with Gasteiger partial charge in [0.05, 0.1) is 24.2 Å². The fourth-order valence-electron chi connectivity index (χ4n) is 2.84. The average Bonchev–Trinajstić information content (AvgIpc) is 2.67. The molecule has 0 unspecified atom stereocenters. The summed E-state index contributed by atoms with van der Waals surface area (Å²) < 4.78 is 11.6. The van der Waals surface area contributed by atoms with Crippen LogP contribution < -0.4 is 20.1 Å². The number of halogens is 1. The van der Waals surface area contributed by atoms with Gasteiger partial charge in [-0.2, -0.15) is 0 Å². The number of benzene rings is 2. The summed E-state index contributed by atoms with van der Waals surface area (Å²) in [5, 5.41) is 8.47. The van der Waals surface area contributed by atoms with Crippen molar-refractivity contribution >= 4 is 34.2 Å². The molecular formula is C21H30ClN3O3. The molecule has 1 heterocycles. The summed E-state index contributed by atoms with van der Waals surface area (Å²) in [6, 6.07) is 14.3. The molecule has 3 rings (SSSR count). The largest absolute Gasteiger partial charge is 0.493 e. The summed E-state index contributed by atoms with van der Waals surface area (Å²) in [6.45, 7) is 3.30. The standard InChI is InChI=1S/C21H27N3O2.ClH.H2O/c1-22-9-3-11-25-18-7-5-16-13-17-6-8-19(26-12-4-10-23-2)15-21(17)24-20(16)14-18;;/h5-8,13-15,22-23H,3-4,9-12H2,1-2H3;1H;1H2. The lowest BCUT2D eigenvalue weighted by molar-refractivity contribution is 0.310. The van der Waals surface area contributed by atoms with E-state index in [1.54, 1.807) is 0 Å². The number of hydrogen-bond acceptors (Lipinski definition) is 5. The molecule has 4 N–H and O–H groups in total. The Labute approximate surface area is 172 Å². The Morgan fingerprint density at radius 1 is 0.750 bits per heavy atom. The van der Waals surface area contributed by atoms with E-state index in [4.69, 9.17) is 14.5 Å². The molecule has 0 saturated carbocycles. The number of ether oxygens (including phenoxy) is 2. The fourth-order valence-corrected chi connectivity index (χ4v) is 2.84. The van der Waals surface area contributed by atoms with Crippen molar-refractivity contribution in [2.24, 2.45) is 0 Å². The number of aromatic nitrogens is 1. The average molecular weight is 408 g/mol. The quantitative estimate of drug-likeness (QED) is 0.398. The molecule has 28 heavy (non-hydrogen) atoms. The Kier molecular flexibility index (Phi) is 10.6. The van der Waals surface area contributed by atoms with Gasteiger partial charge in [-0.05, 0) is 70.4 Å². The first kappa shape index (κ1) is 23.9. The molecule has 0 fully saturated rings. The molecule has 1 aromatic heterocycles. The normalized spacial score (nSPS) is 10.4. The molecule has 2 aromatic carbocycles. The third-order valence-corrected chi connectivity index (χ3v) is 4.24. The van der Waals surface area contributed by atoms with Crippen LogP contribution in [0.25, 0.3) is 21.8 Å². The van der Waals surface area contributed by atoms with Crippen molar-refractivity contribution in [3.8, 4) is 11.5 Å². The lowest BCUT2D eigenvalue weighted by atomic mass is 10.1. The molecule has 3 aromatic rings. The van der Waals surface area contributed by atoms with Gasteiger partial charge < -0.3 is 25.6 Å². The SMILES string of the molecule is CNCCCOc1ccc2cc3ccc(OCCCNC)cc3nc2c1.Cl.O. The Hall–Kier alpha value is -2.12.